The summed E-state index contributed by atoms with van der Waals surface area (Å²) in [6.07, 6.45) is 0.889. The van der Waals surface area contributed by atoms with E-state index in [0.717, 1.165) is 12.0 Å². The van der Waals surface area contributed by atoms with Gasteiger partial charge in [0, 0.05) is 11.4 Å². The average Bonchev–Trinajstić information content (AvgIpc) is 3.23. The molecule has 0 saturated carbocycles. The zero-order valence-electron chi connectivity index (χ0n) is 18.7. The highest BCUT2D eigenvalue weighted by molar-refractivity contribution is 7.98. The zero-order chi connectivity index (χ0) is 23.4. The summed E-state index contributed by atoms with van der Waals surface area (Å²) < 4.78 is 26.6. The van der Waals surface area contributed by atoms with Crippen molar-refractivity contribution in [3.05, 3.63) is 76.7 Å². The second-order valence-corrected chi connectivity index (χ2v) is 8.46. The maximum absolute atomic E-state index is 14.0. The molecule has 0 amide bonds. The minimum absolute atomic E-state index is 0.264. The Morgan fingerprint density at radius 1 is 1.24 bits per heavy atom. The van der Waals surface area contributed by atoms with Crippen molar-refractivity contribution in [3.8, 4) is 5.75 Å². The lowest BCUT2D eigenvalue weighted by molar-refractivity contribution is -0.136. The summed E-state index contributed by atoms with van der Waals surface area (Å²) in [5.41, 5.74) is 2.47. The summed E-state index contributed by atoms with van der Waals surface area (Å²) in [4.78, 5) is 17.3. The van der Waals surface area contributed by atoms with Gasteiger partial charge in [0.15, 0.2) is 0 Å². The highest BCUT2D eigenvalue weighted by Gasteiger charge is 2.35. The van der Waals surface area contributed by atoms with E-state index in [0.29, 0.717) is 46.0 Å². The minimum Gasteiger partial charge on any atom is -0.494 e. The van der Waals surface area contributed by atoms with Gasteiger partial charge in [0.2, 0.25) is 11.1 Å². The van der Waals surface area contributed by atoms with E-state index in [2.05, 4.69) is 15.4 Å². The number of halogens is 1. The number of fused-ring (bicyclic) bond motifs is 1. The average molecular weight is 469 g/mol. The van der Waals surface area contributed by atoms with Crippen molar-refractivity contribution in [1.82, 2.24) is 14.8 Å². The number of anilines is 1. The van der Waals surface area contributed by atoms with E-state index >= 15 is 0 Å². The number of carbonyl (C=O) groups excluding carboxylic acids is 1. The molecule has 1 unspecified atom stereocenters. The molecule has 2 heterocycles. The van der Waals surface area contributed by atoms with Gasteiger partial charge < -0.3 is 14.8 Å². The lowest BCUT2D eigenvalue weighted by Crippen LogP contribution is -2.29. The van der Waals surface area contributed by atoms with Crippen molar-refractivity contribution in [2.24, 2.45) is 0 Å². The summed E-state index contributed by atoms with van der Waals surface area (Å²) in [5, 5.41) is 8.28. The molecule has 1 aliphatic rings. The highest BCUT2D eigenvalue weighted by Crippen LogP contribution is 2.38. The Morgan fingerprint density at radius 2 is 2.06 bits per heavy atom. The fourth-order valence-electron chi connectivity index (χ4n) is 3.63. The fourth-order valence-corrected chi connectivity index (χ4v) is 4.44. The van der Waals surface area contributed by atoms with Gasteiger partial charge in [-0.25, -0.2) is 13.9 Å². The molecule has 4 rings (SSSR count). The van der Waals surface area contributed by atoms with Gasteiger partial charge in [0.1, 0.15) is 17.6 Å². The van der Waals surface area contributed by atoms with Crippen LogP contribution in [0.2, 0.25) is 0 Å². The number of nitrogens with one attached hydrogen (secondary N) is 1. The number of rotatable bonds is 8. The number of hydrogen-bond donors (Lipinski definition) is 1. The molecule has 3 aromatic rings. The van der Waals surface area contributed by atoms with Gasteiger partial charge >= 0.3 is 5.97 Å². The third-order valence-corrected chi connectivity index (χ3v) is 6.09. The Kier molecular flexibility index (Phi) is 6.98. The predicted octanol–water partition coefficient (Wildman–Crippen LogP) is 4.96. The van der Waals surface area contributed by atoms with E-state index < -0.39 is 12.0 Å². The first kappa shape index (κ1) is 22.8. The Hall–Kier alpha value is -3.33. The lowest BCUT2D eigenvalue weighted by atomic mass is 9.95. The smallest absolute Gasteiger partial charge is 0.338 e. The van der Waals surface area contributed by atoms with E-state index in [-0.39, 0.29) is 5.82 Å². The second kappa shape index (κ2) is 10.1. The largest absolute Gasteiger partial charge is 0.494 e. The van der Waals surface area contributed by atoms with Crippen molar-refractivity contribution in [2.75, 3.05) is 19.0 Å². The topological polar surface area (TPSA) is 78.3 Å². The molecule has 0 fully saturated rings. The van der Waals surface area contributed by atoms with E-state index in [1.54, 1.807) is 29.8 Å². The summed E-state index contributed by atoms with van der Waals surface area (Å²) in [6, 6.07) is 13.7. The van der Waals surface area contributed by atoms with Crippen LogP contribution in [0.5, 0.6) is 5.75 Å². The third-order valence-electron chi connectivity index (χ3n) is 5.20. The van der Waals surface area contributed by atoms with E-state index in [4.69, 9.17) is 9.47 Å². The molecule has 0 bridgehead atoms. The SMILES string of the molecule is CCCOc1cccc(C2C(C(=O)OC)=C(C)Nc3nc(SCc4ccccc4F)nn32)c1. The molecule has 0 spiro atoms. The van der Waals surface area contributed by atoms with Gasteiger partial charge in [-0.2, -0.15) is 4.98 Å². The number of methoxy groups -OCH3 is 1. The Morgan fingerprint density at radius 3 is 2.82 bits per heavy atom. The Labute approximate surface area is 196 Å². The van der Waals surface area contributed by atoms with Crippen LogP contribution < -0.4 is 10.1 Å². The third kappa shape index (κ3) is 4.88. The van der Waals surface area contributed by atoms with Gasteiger partial charge in [-0.3, -0.25) is 0 Å². The van der Waals surface area contributed by atoms with Crippen LogP contribution in [-0.4, -0.2) is 34.5 Å². The standard InChI is InChI=1S/C24H25FN4O3S/c1-4-12-32-18-10-7-9-16(13-18)21-20(22(30)31-3)15(2)26-23-27-24(28-29(21)23)33-14-17-8-5-6-11-19(17)25/h5-11,13,21H,4,12,14H2,1-3H3,(H,26,27,28). The lowest BCUT2D eigenvalue weighted by Gasteiger charge is -2.28. The van der Waals surface area contributed by atoms with Gasteiger partial charge in [0.25, 0.3) is 0 Å². The highest BCUT2D eigenvalue weighted by atomic mass is 32.2. The van der Waals surface area contributed by atoms with E-state index in [1.807, 2.05) is 31.2 Å². The van der Waals surface area contributed by atoms with E-state index in [1.165, 1.54) is 24.9 Å². The number of thioether (sulfide) groups is 1. The van der Waals surface area contributed by atoms with Crippen LogP contribution in [0.1, 0.15) is 37.4 Å². The Bertz CT molecular complexity index is 1190. The number of hydrogen-bond acceptors (Lipinski definition) is 7. The van der Waals surface area contributed by atoms with Crippen LogP contribution in [0.4, 0.5) is 10.3 Å². The first-order valence-corrected chi connectivity index (χ1v) is 11.6. The fraction of sp³-hybridized carbons (Fsp3) is 0.292. The molecule has 0 aliphatic carbocycles. The van der Waals surface area contributed by atoms with Crippen molar-refractivity contribution >= 4 is 23.7 Å². The summed E-state index contributed by atoms with van der Waals surface area (Å²) in [5.74, 6) is 0.884. The summed E-state index contributed by atoms with van der Waals surface area (Å²) >= 11 is 1.33. The van der Waals surface area contributed by atoms with Crippen LogP contribution in [-0.2, 0) is 15.3 Å². The first-order valence-electron chi connectivity index (χ1n) is 10.6. The molecule has 9 heteroatoms. The van der Waals surface area contributed by atoms with Crippen molar-refractivity contribution in [2.45, 2.75) is 37.2 Å². The number of ether oxygens (including phenoxy) is 2. The number of esters is 1. The molecule has 33 heavy (non-hydrogen) atoms. The van der Waals surface area contributed by atoms with Crippen LogP contribution in [0.25, 0.3) is 0 Å². The summed E-state index contributed by atoms with van der Waals surface area (Å²) in [6.45, 7) is 4.45. The number of nitrogens with zero attached hydrogens (tertiary/aromatic N) is 3. The molecule has 1 aliphatic heterocycles. The molecule has 0 saturated heterocycles. The zero-order valence-corrected chi connectivity index (χ0v) is 19.5. The number of benzene rings is 2. The van der Waals surface area contributed by atoms with Crippen LogP contribution in [0.3, 0.4) is 0 Å². The van der Waals surface area contributed by atoms with Gasteiger partial charge in [-0.05, 0) is 42.7 Å². The van der Waals surface area contributed by atoms with Crippen LogP contribution in [0, 0.1) is 5.82 Å². The molecule has 7 nitrogen and oxygen atoms in total. The van der Waals surface area contributed by atoms with Crippen molar-refractivity contribution in [1.29, 1.82) is 0 Å². The number of aromatic nitrogens is 3. The maximum atomic E-state index is 14.0. The van der Waals surface area contributed by atoms with Gasteiger partial charge in [-0.1, -0.05) is 49.0 Å². The van der Waals surface area contributed by atoms with Gasteiger partial charge in [0.05, 0.1) is 19.3 Å². The molecular formula is C24H25FN4O3S. The van der Waals surface area contributed by atoms with Crippen molar-refractivity contribution in [3.63, 3.8) is 0 Å². The minimum atomic E-state index is -0.547. The molecule has 0 radical (unpaired) electrons. The maximum Gasteiger partial charge on any atom is 0.338 e. The van der Waals surface area contributed by atoms with E-state index in [9.17, 15) is 9.18 Å². The molecular weight excluding hydrogens is 443 g/mol. The number of carbonyl (C=O) groups is 1. The molecule has 2 aromatic carbocycles. The van der Waals surface area contributed by atoms with Crippen LogP contribution in [0.15, 0.2) is 65.0 Å². The monoisotopic (exact) mass is 468 g/mol. The quantitative estimate of drug-likeness (QED) is 0.370. The Balaban J connectivity index is 1.70. The molecule has 1 aromatic heterocycles. The van der Waals surface area contributed by atoms with Gasteiger partial charge in [-0.15, -0.1) is 5.10 Å². The van der Waals surface area contributed by atoms with Crippen LogP contribution >= 0.6 is 11.8 Å². The molecule has 1 atom stereocenters. The summed E-state index contributed by atoms with van der Waals surface area (Å²) in [7, 11) is 1.35. The normalized spacial score (nSPS) is 15.1. The number of allylic oxidation sites excluding steroid dienone is 1. The predicted molar refractivity (Wildman–Crippen MR) is 125 cm³/mol. The second-order valence-electron chi connectivity index (χ2n) is 7.52. The molecule has 172 valence electrons. The molecule has 1 N–H and O–H groups in total. The first-order chi connectivity index (χ1) is 16.0. The van der Waals surface area contributed by atoms with Crippen molar-refractivity contribution < 1.29 is 18.7 Å².